The molecule has 0 saturated carbocycles. The minimum Gasteiger partial charge on any atom is -0.424 e. The van der Waals surface area contributed by atoms with E-state index in [1.165, 1.54) is 0 Å². The van der Waals surface area contributed by atoms with Crippen LogP contribution in [0.1, 0.15) is 25.3 Å². The summed E-state index contributed by atoms with van der Waals surface area (Å²) in [5.41, 5.74) is 7.46. The molecule has 0 aliphatic carbocycles. The second-order valence-electron chi connectivity index (χ2n) is 6.41. The van der Waals surface area contributed by atoms with Crippen molar-refractivity contribution in [3.8, 4) is 5.75 Å². The Hall–Kier alpha value is -1.89. The van der Waals surface area contributed by atoms with Crippen molar-refractivity contribution in [1.82, 2.24) is 0 Å². The van der Waals surface area contributed by atoms with Crippen LogP contribution in [-0.4, -0.2) is 61.6 Å². The second-order valence-corrected chi connectivity index (χ2v) is 9.70. The summed E-state index contributed by atoms with van der Waals surface area (Å²) in [5.74, 6) is -0.217. The molecule has 0 atom stereocenters. The van der Waals surface area contributed by atoms with Gasteiger partial charge in [-0.15, -0.1) is 0 Å². The van der Waals surface area contributed by atoms with Crippen LogP contribution in [0.5, 0.6) is 5.75 Å². The van der Waals surface area contributed by atoms with Crippen LogP contribution in [0.2, 0.25) is 0 Å². The maximum absolute atomic E-state index is 11.9. The summed E-state index contributed by atoms with van der Waals surface area (Å²) in [7, 11) is -7.29. The van der Waals surface area contributed by atoms with Crippen LogP contribution < -0.4 is 15.4 Å². The SMILES string of the molecule is CCCC(=O)Oc1c(C)ccc(N(CCOS(C)(=O)=O)CCOS(C)(=O)=O)c1N. The molecule has 0 aliphatic heterocycles. The number of rotatable bonds is 12. The van der Waals surface area contributed by atoms with Crippen LogP contribution in [0.4, 0.5) is 11.4 Å². The highest BCUT2D eigenvalue weighted by molar-refractivity contribution is 7.86. The van der Waals surface area contributed by atoms with Gasteiger partial charge in [0.25, 0.3) is 20.2 Å². The third kappa shape index (κ3) is 9.43. The van der Waals surface area contributed by atoms with E-state index in [1.807, 2.05) is 6.92 Å². The van der Waals surface area contributed by atoms with Crippen LogP contribution in [0.25, 0.3) is 0 Å². The number of carbonyl (C=O) groups is 1. The second kappa shape index (κ2) is 10.8. The van der Waals surface area contributed by atoms with E-state index in [9.17, 15) is 21.6 Å². The molecule has 1 aromatic carbocycles. The van der Waals surface area contributed by atoms with Gasteiger partial charge in [-0.2, -0.15) is 16.8 Å². The van der Waals surface area contributed by atoms with Crippen molar-refractivity contribution < 1.29 is 34.7 Å². The van der Waals surface area contributed by atoms with Gasteiger partial charge in [0.2, 0.25) is 0 Å². The fraction of sp³-hybridized carbons (Fsp3) is 0.588. The zero-order valence-electron chi connectivity index (χ0n) is 17.0. The van der Waals surface area contributed by atoms with Gasteiger partial charge in [0.15, 0.2) is 5.75 Å². The molecule has 0 fully saturated rings. The molecular weight excluding hydrogens is 424 g/mol. The molecule has 0 aromatic heterocycles. The lowest BCUT2D eigenvalue weighted by atomic mass is 10.1. The zero-order valence-corrected chi connectivity index (χ0v) is 18.6. The average Bonchev–Trinajstić information content (AvgIpc) is 2.56. The summed E-state index contributed by atoms with van der Waals surface area (Å²) in [6.45, 7) is 3.37. The molecule has 0 amide bonds. The number of hydrogen-bond acceptors (Lipinski definition) is 10. The number of nitrogen functional groups attached to an aromatic ring is 1. The first-order valence-electron chi connectivity index (χ1n) is 8.87. The van der Waals surface area contributed by atoms with Gasteiger partial charge in [-0.3, -0.25) is 13.2 Å². The molecule has 166 valence electrons. The smallest absolute Gasteiger partial charge is 0.311 e. The number of benzene rings is 1. The highest BCUT2D eigenvalue weighted by atomic mass is 32.2. The molecular formula is C17H28N2O8S2. The van der Waals surface area contributed by atoms with Gasteiger partial charge in [-0.05, 0) is 25.0 Å². The molecule has 10 nitrogen and oxygen atoms in total. The molecule has 0 bridgehead atoms. The number of nitrogens with zero attached hydrogens (tertiary/aromatic N) is 1. The lowest BCUT2D eigenvalue weighted by Crippen LogP contribution is -2.32. The highest BCUT2D eigenvalue weighted by Gasteiger charge is 2.19. The lowest BCUT2D eigenvalue weighted by molar-refractivity contribution is -0.134. The Morgan fingerprint density at radius 3 is 2.00 bits per heavy atom. The molecule has 29 heavy (non-hydrogen) atoms. The van der Waals surface area contributed by atoms with E-state index in [1.54, 1.807) is 24.0 Å². The molecule has 0 aliphatic rings. The topological polar surface area (TPSA) is 142 Å². The Morgan fingerprint density at radius 2 is 1.55 bits per heavy atom. The number of esters is 1. The fourth-order valence-corrected chi connectivity index (χ4v) is 3.18. The molecule has 0 heterocycles. The van der Waals surface area contributed by atoms with Crippen LogP contribution in [0, 0.1) is 6.92 Å². The number of aryl methyl sites for hydroxylation is 1. The minimum absolute atomic E-state index is 0.0792. The maximum Gasteiger partial charge on any atom is 0.311 e. The van der Waals surface area contributed by atoms with E-state index in [4.69, 9.17) is 18.8 Å². The first-order chi connectivity index (χ1) is 13.3. The van der Waals surface area contributed by atoms with Gasteiger partial charge < -0.3 is 15.4 Å². The lowest BCUT2D eigenvalue weighted by Gasteiger charge is -2.27. The van der Waals surface area contributed by atoms with Crippen LogP contribution >= 0.6 is 0 Å². The number of nitrogens with two attached hydrogens (primary N) is 1. The van der Waals surface area contributed by atoms with Gasteiger partial charge in [-0.1, -0.05) is 13.0 Å². The first kappa shape index (κ1) is 25.1. The van der Waals surface area contributed by atoms with Crippen molar-refractivity contribution >= 4 is 37.6 Å². The van der Waals surface area contributed by atoms with E-state index >= 15 is 0 Å². The van der Waals surface area contributed by atoms with Crippen LogP contribution in [0.15, 0.2) is 12.1 Å². The van der Waals surface area contributed by atoms with Gasteiger partial charge in [0.1, 0.15) is 0 Å². The molecule has 0 radical (unpaired) electrons. The van der Waals surface area contributed by atoms with Crippen LogP contribution in [0.3, 0.4) is 0 Å². The summed E-state index contributed by atoms with van der Waals surface area (Å²) < 4.78 is 59.8. The summed E-state index contributed by atoms with van der Waals surface area (Å²) in [5, 5.41) is 0. The maximum atomic E-state index is 11.9. The van der Waals surface area contributed by atoms with E-state index in [2.05, 4.69) is 0 Å². The van der Waals surface area contributed by atoms with Crippen molar-refractivity contribution in [2.45, 2.75) is 26.7 Å². The third-order valence-electron chi connectivity index (χ3n) is 3.70. The Balaban J connectivity index is 3.12. The number of anilines is 2. The van der Waals surface area contributed by atoms with Gasteiger partial charge in [0, 0.05) is 19.5 Å². The average molecular weight is 453 g/mol. The van der Waals surface area contributed by atoms with Crippen LogP contribution in [-0.2, 0) is 33.4 Å². The summed E-state index contributed by atoms with van der Waals surface area (Å²) in [6.07, 6.45) is 2.71. The molecule has 0 spiro atoms. The molecule has 1 aromatic rings. The summed E-state index contributed by atoms with van der Waals surface area (Å²) in [4.78, 5) is 13.5. The van der Waals surface area contributed by atoms with E-state index in [0.717, 1.165) is 12.5 Å². The van der Waals surface area contributed by atoms with Crippen molar-refractivity contribution in [2.24, 2.45) is 0 Å². The van der Waals surface area contributed by atoms with Crippen molar-refractivity contribution in [3.05, 3.63) is 17.7 Å². The molecule has 1 rings (SSSR count). The molecule has 0 saturated heterocycles. The molecule has 0 unspecified atom stereocenters. The number of ether oxygens (including phenoxy) is 1. The van der Waals surface area contributed by atoms with Crippen molar-refractivity contribution in [2.75, 3.05) is 49.4 Å². The Bertz CT molecular complexity index is 876. The largest absolute Gasteiger partial charge is 0.424 e. The number of carbonyl (C=O) groups excluding carboxylic acids is 1. The standard InChI is InChI=1S/C17H28N2O8S2/c1-5-6-15(20)27-17-13(2)7-8-14(16(17)18)19(9-11-25-28(3,21)22)10-12-26-29(4,23)24/h7-8H,5-6,9-12,18H2,1-4H3. The Kier molecular flexibility index (Phi) is 9.33. The van der Waals surface area contributed by atoms with Crippen molar-refractivity contribution in [1.29, 1.82) is 0 Å². The predicted molar refractivity (Wildman–Crippen MR) is 110 cm³/mol. The number of hydrogen-bond donors (Lipinski definition) is 1. The van der Waals surface area contributed by atoms with E-state index in [-0.39, 0.29) is 44.2 Å². The molecule has 2 N–H and O–H groups in total. The highest BCUT2D eigenvalue weighted by Crippen LogP contribution is 2.35. The first-order valence-corrected chi connectivity index (χ1v) is 12.5. The predicted octanol–water partition coefficient (Wildman–Crippen LogP) is 1.04. The Labute approximate surface area is 172 Å². The van der Waals surface area contributed by atoms with Crippen molar-refractivity contribution in [3.63, 3.8) is 0 Å². The fourth-order valence-electron chi connectivity index (χ4n) is 2.43. The van der Waals surface area contributed by atoms with E-state index in [0.29, 0.717) is 17.7 Å². The quantitative estimate of drug-likeness (QED) is 0.211. The Morgan fingerprint density at radius 1 is 1.03 bits per heavy atom. The summed E-state index contributed by atoms with van der Waals surface area (Å²) >= 11 is 0. The normalized spacial score (nSPS) is 12.0. The zero-order chi connectivity index (χ0) is 22.2. The molecule has 12 heteroatoms. The summed E-state index contributed by atoms with van der Waals surface area (Å²) in [6, 6.07) is 3.37. The van der Waals surface area contributed by atoms with Gasteiger partial charge >= 0.3 is 5.97 Å². The van der Waals surface area contributed by atoms with Gasteiger partial charge in [0.05, 0.1) is 37.1 Å². The minimum atomic E-state index is -3.65. The van der Waals surface area contributed by atoms with E-state index < -0.39 is 26.2 Å². The van der Waals surface area contributed by atoms with Gasteiger partial charge in [-0.25, -0.2) is 0 Å². The monoisotopic (exact) mass is 452 g/mol. The third-order valence-corrected chi connectivity index (χ3v) is 4.89.